The minimum Gasteiger partial charge on any atom is -0.476 e. The first-order valence-corrected chi connectivity index (χ1v) is 6.18. The quantitative estimate of drug-likeness (QED) is 0.879. The molecule has 1 atom stereocenters. The van der Waals surface area contributed by atoms with Crippen LogP contribution < -0.4 is 5.32 Å². The second-order valence-electron chi connectivity index (χ2n) is 3.75. The summed E-state index contributed by atoms with van der Waals surface area (Å²) in [6.45, 7) is 3.82. The fraction of sp³-hybridized carbons (Fsp3) is 0.273. The Labute approximate surface area is 108 Å². The summed E-state index contributed by atoms with van der Waals surface area (Å²) in [5.74, 6) is -0.849. The summed E-state index contributed by atoms with van der Waals surface area (Å²) < 4.78 is 0. The number of carbonyl (C=O) groups is 1. The summed E-state index contributed by atoms with van der Waals surface area (Å²) in [4.78, 5) is 23.1. The molecule has 0 spiro atoms. The van der Waals surface area contributed by atoms with E-state index in [-0.39, 0.29) is 17.6 Å². The number of hydrogen-bond acceptors (Lipinski definition) is 6. The minimum absolute atomic E-state index is 0.0855. The van der Waals surface area contributed by atoms with Crippen LogP contribution in [0.4, 0.5) is 5.82 Å². The molecule has 7 heteroatoms. The normalized spacial score (nSPS) is 12.1. The van der Waals surface area contributed by atoms with Crippen molar-refractivity contribution >= 4 is 23.1 Å². The van der Waals surface area contributed by atoms with Crippen LogP contribution in [-0.2, 0) is 0 Å². The van der Waals surface area contributed by atoms with Gasteiger partial charge < -0.3 is 10.4 Å². The monoisotopic (exact) mass is 264 g/mol. The first kappa shape index (κ1) is 12.4. The highest BCUT2D eigenvalue weighted by Crippen LogP contribution is 2.22. The van der Waals surface area contributed by atoms with Gasteiger partial charge in [-0.1, -0.05) is 0 Å². The van der Waals surface area contributed by atoms with Gasteiger partial charge in [0.1, 0.15) is 5.01 Å². The highest BCUT2D eigenvalue weighted by molar-refractivity contribution is 7.09. The smallest absolute Gasteiger partial charge is 0.358 e. The average molecular weight is 264 g/mol. The Morgan fingerprint density at radius 3 is 2.78 bits per heavy atom. The summed E-state index contributed by atoms with van der Waals surface area (Å²) >= 11 is 1.52. The standard InChI is InChI=1S/C11H12N4O2S/c1-6-5-18-10(14-6)7(2)15-9-8(11(16)17)12-3-4-13-9/h3-5,7H,1-2H3,(H,13,15)(H,16,17). The average Bonchev–Trinajstić information content (AvgIpc) is 2.76. The third kappa shape index (κ3) is 2.62. The van der Waals surface area contributed by atoms with Crippen molar-refractivity contribution in [2.45, 2.75) is 19.9 Å². The lowest BCUT2D eigenvalue weighted by Gasteiger charge is -2.12. The predicted octanol–water partition coefficient (Wildman–Crippen LogP) is 2.11. The number of carboxylic acids is 1. The van der Waals surface area contributed by atoms with Gasteiger partial charge in [0, 0.05) is 23.5 Å². The zero-order valence-electron chi connectivity index (χ0n) is 9.91. The van der Waals surface area contributed by atoms with Crippen LogP contribution in [0.3, 0.4) is 0 Å². The first-order chi connectivity index (χ1) is 8.58. The van der Waals surface area contributed by atoms with Crippen LogP contribution >= 0.6 is 11.3 Å². The third-order valence-electron chi connectivity index (χ3n) is 2.26. The number of aromatic carboxylic acids is 1. The van der Waals surface area contributed by atoms with Crippen molar-refractivity contribution in [2.75, 3.05) is 5.32 Å². The van der Waals surface area contributed by atoms with E-state index in [0.29, 0.717) is 0 Å². The van der Waals surface area contributed by atoms with Crippen LogP contribution in [0.15, 0.2) is 17.8 Å². The summed E-state index contributed by atoms with van der Waals surface area (Å²) in [5, 5.41) is 14.8. The van der Waals surface area contributed by atoms with Gasteiger partial charge in [-0.15, -0.1) is 11.3 Å². The maximum atomic E-state index is 11.0. The maximum absolute atomic E-state index is 11.0. The SMILES string of the molecule is Cc1csc(C(C)Nc2nccnc2C(=O)O)n1. The third-order valence-corrected chi connectivity index (χ3v) is 3.41. The highest BCUT2D eigenvalue weighted by atomic mass is 32.1. The van der Waals surface area contributed by atoms with Crippen LogP contribution in [-0.4, -0.2) is 26.0 Å². The largest absolute Gasteiger partial charge is 0.476 e. The topological polar surface area (TPSA) is 88.0 Å². The zero-order chi connectivity index (χ0) is 13.1. The van der Waals surface area contributed by atoms with Gasteiger partial charge in [-0.3, -0.25) is 0 Å². The van der Waals surface area contributed by atoms with E-state index in [0.717, 1.165) is 10.7 Å². The molecule has 0 fully saturated rings. The number of thiazole rings is 1. The van der Waals surface area contributed by atoms with Crippen LogP contribution in [0.5, 0.6) is 0 Å². The maximum Gasteiger partial charge on any atom is 0.358 e. The molecule has 0 aliphatic rings. The van der Waals surface area contributed by atoms with E-state index in [9.17, 15) is 4.79 Å². The van der Waals surface area contributed by atoms with Gasteiger partial charge in [-0.05, 0) is 13.8 Å². The van der Waals surface area contributed by atoms with E-state index in [1.54, 1.807) is 0 Å². The minimum atomic E-state index is -1.10. The molecule has 0 bridgehead atoms. The van der Waals surface area contributed by atoms with Crippen LogP contribution in [0, 0.1) is 6.92 Å². The van der Waals surface area contributed by atoms with Crippen LogP contribution in [0.1, 0.15) is 34.2 Å². The fourth-order valence-corrected chi connectivity index (χ4v) is 2.24. The van der Waals surface area contributed by atoms with Gasteiger partial charge >= 0.3 is 5.97 Å². The molecule has 6 nitrogen and oxygen atoms in total. The second-order valence-corrected chi connectivity index (χ2v) is 4.64. The van der Waals surface area contributed by atoms with Gasteiger partial charge in [-0.25, -0.2) is 19.7 Å². The number of rotatable bonds is 4. The lowest BCUT2D eigenvalue weighted by Crippen LogP contribution is -2.13. The fourth-order valence-electron chi connectivity index (χ4n) is 1.44. The van der Waals surface area contributed by atoms with Crippen molar-refractivity contribution in [2.24, 2.45) is 0 Å². The van der Waals surface area contributed by atoms with Crippen molar-refractivity contribution in [1.82, 2.24) is 15.0 Å². The Balaban J connectivity index is 2.21. The molecule has 1 unspecified atom stereocenters. The molecule has 2 aromatic rings. The summed E-state index contributed by atoms with van der Waals surface area (Å²) in [5.41, 5.74) is 0.860. The molecular weight excluding hydrogens is 252 g/mol. The predicted molar refractivity (Wildman–Crippen MR) is 67.9 cm³/mol. The molecular formula is C11H12N4O2S. The second kappa shape index (κ2) is 5.09. The van der Waals surface area contributed by atoms with E-state index in [1.807, 2.05) is 19.2 Å². The van der Waals surface area contributed by atoms with Crippen molar-refractivity contribution < 1.29 is 9.90 Å². The number of nitrogens with zero attached hydrogens (tertiary/aromatic N) is 3. The summed E-state index contributed by atoms with van der Waals surface area (Å²) in [6.07, 6.45) is 2.81. The number of nitrogens with one attached hydrogen (secondary N) is 1. The molecule has 0 saturated heterocycles. The van der Waals surface area contributed by atoms with E-state index in [2.05, 4.69) is 20.3 Å². The lowest BCUT2D eigenvalue weighted by atomic mass is 10.3. The van der Waals surface area contributed by atoms with Gasteiger partial charge in [0.15, 0.2) is 11.5 Å². The molecule has 0 amide bonds. The molecule has 2 heterocycles. The van der Waals surface area contributed by atoms with Gasteiger partial charge in [0.05, 0.1) is 6.04 Å². The number of anilines is 1. The van der Waals surface area contributed by atoms with Gasteiger partial charge in [0.2, 0.25) is 0 Å². The van der Waals surface area contributed by atoms with E-state index >= 15 is 0 Å². The van der Waals surface area contributed by atoms with E-state index < -0.39 is 5.97 Å². The Morgan fingerprint density at radius 2 is 2.17 bits per heavy atom. The van der Waals surface area contributed by atoms with Crippen LogP contribution in [0.2, 0.25) is 0 Å². The molecule has 18 heavy (non-hydrogen) atoms. The Hall–Kier alpha value is -2.02. The lowest BCUT2D eigenvalue weighted by molar-refractivity contribution is 0.0691. The molecule has 0 saturated carbocycles. The Kier molecular flexibility index (Phi) is 3.52. The Morgan fingerprint density at radius 1 is 1.44 bits per heavy atom. The van der Waals surface area contributed by atoms with Crippen molar-refractivity contribution in [3.63, 3.8) is 0 Å². The molecule has 0 radical (unpaired) electrons. The molecule has 0 aliphatic heterocycles. The van der Waals surface area contributed by atoms with E-state index in [1.165, 1.54) is 23.7 Å². The molecule has 0 aliphatic carbocycles. The zero-order valence-corrected chi connectivity index (χ0v) is 10.7. The molecule has 2 aromatic heterocycles. The highest BCUT2D eigenvalue weighted by Gasteiger charge is 2.16. The molecule has 2 N–H and O–H groups in total. The molecule has 2 rings (SSSR count). The van der Waals surface area contributed by atoms with Crippen molar-refractivity contribution in [3.8, 4) is 0 Å². The van der Waals surface area contributed by atoms with Crippen LogP contribution in [0.25, 0.3) is 0 Å². The summed E-state index contributed by atoms with van der Waals surface area (Å²) in [7, 11) is 0. The summed E-state index contributed by atoms with van der Waals surface area (Å²) in [6, 6.07) is -0.113. The van der Waals surface area contributed by atoms with Crippen molar-refractivity contribution in [3.05, 3.63) is 34.2 Å². The number of carboxylic acid groups (broad SMARTS) is 1. The van der Waals surface area contributed by atoms with E-state index in [4.69, 9.17) is 5.11 Å². The number of aromatic nitrogens is 3. The van der Waals surface area contributed by atoms with Gasteiger partial charge in [-0.2, -0.15) is 0 Å². The van der Waals surface area contributed by atoms with Crippen molar-refractivity contribution in [1.29, 1.82) is 0 Å². The molecule has 94 valence electrons. The number of aryl methyl sites for hydroxylation is 1. The molecule has 0 aromatic carbocycles. The first-order valence-electron chi connectivity index (χ1n) is 5.31. The Bertz CT molecular complexity index is 570. The van der Waals surface area contributed by atoms with Gasteiger partial charge in [0.25, 0.3) is 0 Å². The number of hydrogen-bond donors (Lipinski definition) is 2.